The van der Waals surface area contributed by atoms with Gasteiger partial charge in [-0.25, -0.2) is 0 Å². The molecule has 0 spiro atoms. The number of benzene rings is 2. The van der Waals surface area contributed by atoms with E-state index in [1.807, 2.05) is 38.1 Å². The zero-order valence-electron chi connectivity index (χ0n) is 17.6. The van der Waals surface area contributed by atoms with Crippen molar-refractivity contribution in [2.24, 2.45) is 0 Å². The zero-order chi connectivity index (χ0) is 22.1. The number of hydrogen-bond acceptors (Lipinski definition) is 3. The molecule has 2 aromatic rings. The first-order chi connectivity index (χ1) is 14.4. The highest BCUT2D eigenvalue weighted by Crippen LogP contribution is 2.26. The van der Waals surface area contributed by atoms with E-state index in [0.29, 0.717) is 34.3 Å². The lowest BCUT2D eigenvalue weighted by molar-refractivity contribution is -0.140. The monoisotopic (exact) mass is 450 g/mol. The Balaban J connectivity index is 2.35. The van der Waals surface area contributed by atoms with Gasteiger partial charge in [-0.1, -0.05) is 55.2 Å². The number of ether oxygens (including phenoxy) is 1. The highest BCUT2D eigenvalue weighted by molar-refractivity contribution is 6.36. The van der Waals surface area contributed by atoms with Crippen LogP contribution in [0.25, 0.3) is 0 Å². The van der Waals surface area contributed by atoms with E-state index >= 15 is 0 Å². The Hall–Kier alpha value is -2.24. The summed E-state index contributed by atoms with van der Waals surface area (Å²) in [5, 5.41) is 3.77. The largest absolute Gasteiger partial charge is 0.497 e. The third-order valence-electron chi connectivity index (χ3n) is 4.81. The first-order valence-corrected chi connectivity index (χ1v) is 10.8. The molecular weight excluding hydrogens is 423 g/mol. The molecule has 2 aromatic carbocycles. The summed E-state index contributed by atoms with van der Waals surface area (Å²) in [5.41, 5.74) is 1.43. The number of nitrogens with one attached hydrogen (secondary N) is 1. The molecule has 0 radical (unpaired) electrons. The van der Waals surface area contributed by atoms with Crippen LogP contribution in [-0.2, 0) is 22.6 Å². The number of methoxy groups -OCH3 is 1. The van der Waals surface area contributed by atoms with Crippen molar-refractivity contribution >= 4 is 35.0 Å². The standard InChI is InChI=1S/C23H28Cl2N2O3/c1-4-12-26-23(29)21(5-2)27(15-16-8-6-9-17(13-16)30-3)22(28)14-18-19(24)10-7-11-20(18)25/h6-11,13,21H,4-5,12,14-15H2,1-3H3,(H,26,29). The molecule has 162 valence electrons. The Kier molecular flexibility index (Phi) is 9.47. The van der Waals surface area contributed by atoms with Crippen molar-refractivity contribution in [1.82, 2.24) is 10.2 Å². The average Bonchev–Trinajstić information content (AvgIpc) is 2.74. The third-order valence-corrected chi connectivity index (χ3v) is 5.52. The molecule has 0 aliphatic rings. The van der Waals surface area contributed by atoms with Gasteiger partial charge in [0.2, 0.25) is 11.8 Å². The molecule has 0 heterocycles. The lowest BCUT2D eigenvalue weighted by Gasteiger charge is -2.31. The van der Waals surface area contributed by atoms with Gasteiger partial charge in [-0.15, -0.1) is 0 Å². The highest BCUT2D eigenvalue weighted by Gasteiger charge is 2.29. The molecule has 0 aliphatic heterocycles. The topological polar surface area (TPSA) is 58.6 Å². The molecule has 2 rings (SSSR count). The number of halogens is 2. The number of carbonyl (C=O) groups excluding carboxylic acids is 2. The van der Waals surface area contributed by atoms with Crippen molar-refractivity contribution in [2.45, 2.75) is 45.7 Å². The summed E-state index contributed by atoms with van der Waals surface area (Å²) in [6.45, 7) is 4.72. The van der Waals surface area contributed by atoms with Crippen LogP contribution in [0.3, 0.4) is 0 Å². The number of rotatable bonds is 10. The molecule has 0 saturated heterocycles. The minimum Gasteiger partial charge on any atom is -0.497 e. The van der Waals surface area contributed by atoms with Gasteiger partial charge in [0, 0.05) is 23.1 Å². The van der Waals surface area contributed by atoms with Crippen molar-refractivity contribution in [1.29, 1.82) is 0 Å². The van der Waals surface area contributed by atoms with Crippen molar-refractivity contribution in [2.75, 3.05) is 13.7 Å². The van der Waals surface area contributed by atoms with Crippen molar-refractivity contribution in [3.8, 4) is 5.75 Å². The fourth-order valence-electron chi connectivity index (χ4n) is 3.21. The Morgan fingerprint density at radius 2 is 1.77 bits per heavy atom. The Bertz CT molecular complexity index is 853. The lowest BCUT2D eigenvalue weighted by Crippen LogP contribution is -2.49. The van der Waals surface area contributed by atoms with Gasteiger partial charge in [-0.3, -0.25) is 9.59 Å². The Morgan fingerprint density at radius 3 is 2.37 bits per heavy atom. The van der Waals surface area contributed by atoms with Crippen LogP contribution in [0.15, 0.2) is 42.5 Å². The smallest absolute Gasteiger partial charge is 0.242 e. The van der Waals surface area contributed by atoms with E-state index in [1.165, 1.54) is 0 Å². The molecule has 0 saturated carbocycles. The highest BCUT2D eigenvalue weighted by atomic mass is 35.5. The second kappa shape index (κ2) is 11.8. The number of carbonyl (C=O) groups is 2. The van der Waals surface area contributed by atoms with Crippen LogP contribution < -0.4 is 10.1 Å². The lowest BCUT2D eigenvalue weighted by atomic mass is 10.1. The van der Waals surface area contributed by atoms with Gasteiger partial charge in [0.15, 0.2) is 0 Å². The molecule has 1 atom stereocenters. The molecule has 2 amide bonds. The summed E-state index contributed by atoms with van der Waals surface area (Å²) in [5.74, 6) is 0.310. The fraction of sp³-hybridized carbons (Fsp3) is 0.391. The molecule has 30 heavy (non-hydrogen) atoms. The van der Waals surface area contributed by atoms with Crippen LogP contribution in [-0.4, -0.2) is 36.4 Å². The number of amides is 2. The van der Waals surface area contributed by atoms with Gasteiger partial charge in [-0.2, -0.15) is 0 Å². The summed E-state index contributed by atoms with van der Waals surface area (Å²) >= 11 is 12.5. The van der Waals surface area contributed by atoms with Crippen LogP contribution in [0.5, 0.6) is 5.75 Å². The van der Waals surface area contributed by atoms with Gasteiger partial charge in [0.05, 0.1) is 13.5 Å². The van der Waals surface area contributed by atoms with Crippen LogP contribution >= 0.6 is 23.2 Å². The minimum atomic E-state index is -0.600. The molecule has 1 N–H and O–H groups in total. The summed E-state index contributed by atoms with van der Waals surface area (Å²) in [7, 11) is 1.59. The third kappa shape index (κ3) is 6.38. The maximum absolute atomic E-state index is 13.4. The van der Waals surface area contributed by atoms with Gasteiger partial charge < -0.3 is 15.0 Å². The molecule has 5 nitrogen and oxygen atoms in total. The summed E-state index contributed by atoms with van der Waals surface area (Å²) < 4.78 is 5.29. The molecule has 7 heteroatoms. The fourth-order valence-corrected chi connectivity index (χ4v) is 3.74. The quantitative estimate of drug-likeness (QED) is 0.560. The van der Waals surface area contributed by atoms with Crippen molar-refractivity contribution in [3.63, 3.8) is 0 Å². The van der Waals surface area contributed by atoms with Crippen molar-refractivity contribution in [3.05, 3.63) is 63.6 Å². The van der Waals surface area contributed by atoms with E-state index in [-0.39, 0.29) is 24.8 Å². The zero-order valence-corrected chi connectivity index (χ0v) is 19.1. The summed E-state index contributed by atoms with van der Waals surface area (Å²) in [6.07, 6.45) is 1.32. The average molecular weight is 451 g/mol. The SMILES string of the molecule is CCCNC(=O)C(CC)N(Cc1cccc(OC)c1)C(=O)Cc1c(Cl)cccc1Cl. The second-order valence-electron chi connectivity index (χ2n) is 6.97. The summed E-state index contributed by atoms with van der Waals surface area (Å²) in [4.78, 5) is 27.7. The van der Waals surface area contributed by atoms with E-state index in [1.54, 1.807) is 30.2 Å². The molecule has 0 fully saturated rings. The maximum atomic E-state index is 13.4. The second-order valence-corrected chi connectivity index (χ2v) is 7.78. The number of hydrogen-bond donors (Lipinski definition) is 1. The Labute approximate surface area is 188 Å². The molecular formula is C23H28Cl2N2O3. The van der Waals surface area contributed by atoms with Crippen LogP contribution in [0.4, 0.5) is 0 Å². The van der Waals surface area contributed by atoms with Crippen LogP contribution in [0, 0.1) is 0 Å². The Morgan fingerprint density at radius 1 is 1.10 bits per heavy atom. The van der Waals surface area contributed by atoms with E-state index in [2.05, 4.69) is 5.32 Å². The van der Waals surface area contributed by atoms with E-state index in [4.69, 9.17) is 27.9 Å². The minimum absolute atomic E-state index is 0.0139. The molecule has 0 bridgehead atoms. The normalized spacial score (nSPS) is 11.6. The van der Waals surface area contributed by atoms with Gasteiger partial charge in [-0.05, 0) is 48.2 Å². The van der Waals surface area contributed by atoms with E-state index < -0.39 is 6.04 Å². The van der Waals surface area contributed by atoms with E-state index in [9.17, 15) is 9.59 Å². The molecule has 1 unspecified atom stereocenters. The predicted molar refractivity (Wildman–Crippen MR) is 121 cm³/mol. The predicted octanol–water partition coefficient (Wildman–Crippen LogP) is 4.88. The van der Waals surface area contributed by atoms with Gasteiger partial charge >= 0.3 is 0 Å². The molecule has 0 aromatic heterocycles. The van der Waals surface area contributed by atoms with Gasteiger partial charge in [0.25, 0.3) is 0 Å². The van der Waals surface area contributed by atoms with Crippen LogP contribution in [0.1, 0.15) is 37.8 Å². The first kappa shape index (κ1) is 24.0. The number of nitrogens with zero attached hydrogens (tertiary/aromatic N) is 1. The molecule has 0 aliphatic carbocycles. The van der Waals surface area contributed by atoms with Crippen molar-refractivity contribution < 1.29 is 14.3 Å². The maximum Gasteiger partial charge on any atom is 0.242 e. The van der Waals surface area contributed by atoms with Gasteiger partial charge in [0.1, 0.15) is 11.8 Å². The summed E-state index contributed by atoms with van der Waals surface area (Å²) in [6, 6.07) is 12.0. The first-order valence-electron chi connectivity index (χ1n) is 10.0. The van der Waals surface area contributed by atoms with E-state index in [0.717, 1.165) is 12.0 Å². The van der Waals surface area contributed by atoms with Crippen LogP contribution in [0.2, 0.25) is 10.0 Å².